The van der Waals surface area contributed by atoms with Gasteiger partial charge in [-0.3, -0.25) is 0 Å². The molecule has 2 rings (SSSR count). The van der Waals surface area contributed by atoms with E-state index in [0.717, 1.165) is 15.6 Å². The Bertz CT molecular complexity index is 478. The van der Waals surface area contributed by atoms with Gasteiger partial charge in [0.1, 0.15) is 0 Å². The van der Waals surface area contributed by atoms with Gasteiger partial charge >= 0.3 is 7.12 Å². The van der Waals surface area contributed by atoms with Gasteiger partial charge in [-0.25, -0.2) is 0 Å². The van der Waals surface area contributed by atoms with Gasteiger partial charge in [0.15, 0.2) is 5.06 Å². The third-order valence-corrected chi connectivity index (χ3v) is 3.07. The molecular formula is C9H9BO3S. The SMILES string of the molecule is Cc1cc2sc(O)cc2cc1B(O)O. The Labute approximate surface area is 85.4 Å². The molecule has 0 amide bonds. The molecule has 1 heterocycles. The maximum Gasteiger partial charge on any atom is 0.488 e. The minimum absolute atomic E-state index is 0.240. The lowest BCUT2D eigenvalue weighted by Gasteiger charge is -2.03. The van der Waals surface area contributed by atoms with Crippen molar-refractivity contribution in [3.05, 3.63) is 23.8 Å². The first-order valence-corrected chi connectivity index (χ1v) is 4.99. The highest BCUT2D eigenvalue weighted by Gasteiger charge is 2.15. The van der Waals surface area contributed by atoms with E-state index in [1.807, 2.05) is 13.0 Å². The monoisotopic (exact) mass is 208 g/mol. The van der Waals surface area contributed by atoms with E-state index in [4.69, 9.17) is 10.0 Å². The van der Waals surface area contributed by atoms with Crippen molar-refractivity contribution in [2.45, 2.75) is 6.92 Å². The Morgan fingerprint density at radius 1 is 1.21 bits per heavy atom. The number of fused-ring (bicyclic) bond motifs is 1. The number of thiophene rings is 1. The molecule has 1 aromatic heterocycles. The minimum atomic E-state index is -1.46. The third kappa shape index (κ3) is 1.50. The van der Waals surface area contributed by atoms with Crippen molar-refractivity contribution in [2.75, 3.05) is 0 Å². The zero-order valence-electron chi connectivity index (χ0n) is 7.56. The van der Waals surface area contributed by atoms with Crippen LogP contribution in [0.4, 0.5) is 0 Å². The molecule has 1 aromatic carbocycles. The van der Waals surface area contributed by atoms with Crippen molar-refractivity contribution in [3.8, 4) is 5.06 Å². The molecule has 0 radical (unpaired) electrons. The molecule has 0 atom stereocenters. The highest BCUT2D eigenvalue weighted by atomic mass is 32.1. The highest BCUT2D eigenvalue weighted by Crippen LogP contribution is 2.30. The van der Waals surface area contributed by atoms with Gasteiger partial charge in [0.25, 0.3) is 0 Å². The largest absolute Gasteiger partial charge is 0.499 e. The lowest BCUT2D eigenvalue weighted by molar-refractivity contribution is 0.425. The molecule has 3 nitrogen and oxygen atoms in total. The number of benzene rings is 1. The average Bonchev–Trinajstić information content (AvgIpc) is 2.42. The molecule has 0 aliphatic rings. The van der Waals surface area contributed by atoms with Crippen molar-refractivity contribution < 1.29 is 15.2 Å². The summed E-state index contributed by atoms with van der Waals surface area (Å²) in [5.41, 5.74) is 1.30. The maximum atomic E-state index is 9.27. The molecule has 0 fully saturated rings. The molecule has 5 heteroatoms. The van der Waals surface area contributed by atoms with Crippen molar-refractivity contribution in [1.29, 1.82) is 0 Å². The van der Waals surface area contributed by atoms with Crippen LogP contribution in [-0.4, -0.2) is 22.3 Å². The summed E-state index contributed by atoms with van der Waals surface area (Å²) in [5.74, 6) is 0. The molecule has 72 valence electrons. The van der Waals surface area contributed by atoms with Gasteiger partial charge in [0.05, 0.1) is 0 Å². The van der Waals surface area contributed by atoms with Crippen LogP contribution >= 0.6 is 11.3 Å². The molecule has 0 aliphatic heterocycles. The Morgan fingerprint density at radius 3 is 2.57 bits per heavy atom. The number of aromatic hydroxyl groups is 1. The van der Waals surface area contributed by atoms with E-state index in [0.29, 0.717) is 5.46 Å². The van der Waals surface area contributed by atoms with Crippen LogP contribution in [0, 0.1) is 6.92 Å². The topological polar surface area (TPSA) is 60.7 Å². The van der Waals surface area contributed by atoms with Gasteiger partial charge in [0.2, 0.25) is 0 Å². The summed E-state index contributed by atoms with van der Waals surface area (Å²) in [6, 6.07) is 5.14. The quantitative estimate of drug-likeness (QED) is 0.601. The van der Waals surface area contributed by atoms with Crippen molar-refractivity contribution in [3.63, 3.8) is 0 Å². The molecule has 14 heavy (non-hydrogen) atoms. The van der Waals surface area contributed by atoms with Crippen LogP contribution in [0.15, 0.2) is 18.2 Å². The number of rotatable bonds is 1. The van der Waals surface area contributed by atoms with Gasteiger partial charge in [-0.15, -0.1) is 0 Å². The van der Waals surface area contributed by atoms with Crippen LogP contribution in [0.25, 0.3) is 10.1 Å². The normalized spacial score (nSPS) is 10.8. The van der Waals surface area contributed by atoms with Crippen molar-refractivity contribution in [2.24, 2.45) is 0 Å². The smallest absolute Gasteiger partial charge is 0.488 e. The fourth-order valence-electron chi connectivity index (χ4n) is 1.47. The zero-order valence-corrected chi connectivity index (χ0v) is 8.38. The second kappa shape index (κ2) is 3.27. The van der Waals surface area contributed by atoms with Gasteiger partial charge in [-0.2, -0.15) is 0 Å². The highest BCUT2D eigenvalue weighted by molar-refractivity contribution is 7.20. The number of hydrogen-bond donors (Lipinski definition) is 3. The Kier molecular flexibility index (Phi) is 2.22. The van der Waals surface area contributed by atoms with E-state index in [1.165, 1.54) is 11.3 Å². The predicted molar refractivity (Wildman–Crippen MR) is 58.1 cm³/mol. The summed E-state index contributed by atoms with van der Waals surface area (Å²) in [6.45, 7) is 1.81. The van der Waals surface area contributed by atoms with E-state index in [9.17, 15) is 5.11 Å². The number of aryl methyl sites for hydroxylation is 1. The molecule has 0 saturated carbocycles. The molecule has 2 aromatic rings. The lowest BCUT2D eigenvalue weighted by Crippen LogP contribution is -2.31. The van der Waals surface area contributed by atoms with Crippen LogP contribution in [0.1, 0.15) is 5.56 Å². The lowest BCUT2D eigenvalue weighted by atomic mass is 9.77. The van der Waals surface area contributed by atoms with Crippen LogP contribution < -0.4 is 5.46 Å². The van der Waals surface area contributed by atoms with Gasteiger partial charge in [-0.05, 0) is 35.5 Å². The first kappa shape index (κ1) is 9.52. The van der Waals surface area contributed by atoms with Crippen LogP contribution in [0.3, 0.4) is 0 Å². The van der Waals surface area contributed by atoms with Crippen LogP contribution in [0.2, 0.25) is 0 Å². The van der Waals surface area contributed by atoms with E-state index >= 15 is 0 Å². The van der Waals surface area contributed by atoms with Crippen molar-refractivity contribution in [1.82, 2.24) is 0 Å². The zero-order chi connectivity index (χ0) is 10.3. The molecule has 0 unspecified atom stereocenters. The summed E-state index contributed by atoms with van der Waals surface area (Å²) >= 11 is 1.28. The van der Waals surface area contributed by atoms with Gasteiger partial charge in [0, 0.05) is 4.70 Å². The summed E-state index contributed by atoms with van der Waals surface area (Å²) in [6.07, 6.45) is 0. The van der Waals surface area contributed by atoms with E-state index in [1.54, 1.807) is 12.1 Å². The first-order chi connectivity index (χ1) is 6.58. The van der Waals surface area contributed by atoms with E-state index in [2.05, 4.69) is 0 Å². The summed E-state index contributed by atoms with van der Waals surface area (Å²) in [4.78, 5) is 0. The first-order valence-electron chi connectivity index (χ1n) is 4.17. The van der Waals surface area contributed by atoms with Crippen LogP contribution in [0.5, 0.6) is 5.06 Å². The standard InChI is InChI=1S/C9H9BO3S/c1-5-2-8-6(4-9(11)14-8)3-7(5)10(12)13/h2-4,11-13H,1H3. The molecule has 3 N–H and O–H groups in total. The second-order valence-electron chi connectivity index (χ2n) is 3.20. The fraction of sp³-hybridized carbons (Fsp3) is 0.111. The second-order valence-corrected chi connectivity index (χ2v) is 4.27. The van der Waals surface area contributed by atoms with Crippen LogP contribution in [-0.2, 0) is 0 Å². The molecule has 0 saturated heterocycles. The molecule has 0 aliphatic carbocycles. The van der Waals surface area contributed by atoms with Crippen molar-refractivity contribution >= 4 is 34.0 Å². The summed E-state index contributed by atoms with van der Waals surface area (Å²) in [5, 5.41) is 28.5. The molecule has 0 spiro atoms. The third-order valence-electron chi connectivity index (χ3n) is 2.17. The Balaban J connectivity index is 2.70. The summed E-state index contributed by atoms with van der Waals surface area (Å²) < 4.78 is 0.949. The Morgan fingerprint density at radius 2 is 1.93 bits per heavy atom. The molecular weight excluding hydrogens is 199 g/mol. The van der Waals surface area contributed by atoms with E-state index in [-0.39, 0.29) is 5.06 Å². The number of hydrogen-bond acceptors (Lipinski definition) is 4. The average molecular weight is 208 g/mol. The predicted octanol–water partition coefficient (Wildman–Crippen LogP) is 0.595. The minimum Gasteiger partial charge on any atom is -0.499 e. The summed E-state index contributed by atoms with van der Waals surface area (Å²) in [7, 11) is -1.46. The Hall–Kier alpha value is -1.04. The van der Waals surface area contributed by atoms with Gasteiger partial charge in [-0.1, -0.05) is 17.4 Å². The maximum absolute atomic E-state index is 9.27. The van der Waals surface area contributed by atoms with E-state index < -0.39 is 7.12 Å². The molecule has 0 bridgehead atoms. The fourth-order valence-corrected chi connectivity index (χ4v) is 2.35. The van der Waals surface area contributed by atoms with Gasteiger partial charge < -0.3 is 15.2 Å².